The molecule has 0 saturated carbocycles. The molecule has 0 aromatic carbocycles. The van der Waals surface area contributed by atoms with Crippen LogP contribution in [0, 0.1) is 6.92 Å². The Morgan fingerprint density at radius 3 is 2.87 bits per heavy atom. The van der Waals surface area contributed by atoms with Crippen LogP contribution in [0.4, 0.5) is 0 Å². The molecular weight excluding hydrogens is 196 g/mol. The van der Waals surface area contributed by atoms with Crippen LogP contribution >= 0.6 is 0 Å². The van der Waals surface area contributed by atoms with Crippen molar-refractivity contribution >= 4 is 6.21 Å². The van der Waals surface area contributed by atoms with E-state index in [-0.39, 0.29) is 6.61 Å². The Labute approximate surface area is 88.0 Å². The minimum absolute atomic E-state index is 0.172. The fourth-order valence-electron chi connectivity index (χ4n) is 1.30. The molecule has 0 aliphatic rings. The second kappa shape index (κ2) is 5.31. The molecule has 0 aliphatic heterocycles. The summed E-state index contributed by atoms with van der Waals surface area (Å²) in [5.41, 5.74) is 1.83. The molecule has 0 atom stereocenters. The SMILES string of the molecule is CCOc1c(C)ncc(CO)c1/C=N\O. The first-order valence-corrected chi connectivity index (χ1v) is 4.64. The van der Waals surface area contributed by atoms with Gasteiger partial charge in [0, 0.05) is 17.3 Å². The molecule has 0 spiro atoms. The van der Waals surface area contributed by atoms with Crippen molar-refractivity contribution in [1.82, 2.24) is 4.98 Å². The van der Waals surface area contributed by atoms with E-state index in [2.05, 4.69) is 10.1 Å². The van der Waals surface area contributed by atoms with Crippen LogP contribution in [-0.2, 0) is 6.61 Å². The summed E-state index contributed by atoms with van der Waals surface area (Å²) in [6.07, 6.45) is 2.78. The lowest BCUT2D eigenvalue weighted by Gasteiger charge is -2.11. The number of rotatable bonds is 4. The highest BCUT2D eigenvalue weighted by Crippen LogP contribution is 2.23. The first-order valence-electron chi connectivity index (χ1n) is 4.64. The Bertz CT molecular complexity index is 364. The Morgan fingerprint density at radius 1 is 1.60 bits per heavy atom. The lowest BCUT2D eigenvalue weighted by molar-refractivity contribution is 0.278. The van der Waals surface area contributed by atoms with E-state index < -0.39 is 0 Å². The molecule has 0 aliphatic carbocycles. The molecule has 0 bridgehead atoms. The summed E-state index contributed by atoms with van der Waals surface area (Å²) in [7, 11) is 0. The molecule has 0 saturated heterocycles. The monoisotopic (exact) mass is 210 g/mol. The predicted octanol–water partition coefficient (Wildman–Crippen LogP) is 1.09. The molecule has 0 radical (unpaired) electrons. The largest absolute Gasteiger partial charge is 0.491 e. The first kappa shape index (κ1) is 11.5. The zero-order valence-corrected chi connectivity index (χ0v) is 8.77. The maximum atomic E-state index is 9.09. The van der Waals surface area contributed by atoms with Gasteiger partial charge in [-0.3, -0.25) is 4.98 Å². The van der Waals surface area contributed by atoms with Gasteiger partial charge >= 0.3 is 0 Å². The average molecular weight is 210 g/mol. The highest BCUT2D eigenvalue weighted by molar-refractivity contribution is 5.85. The van der Waals surface area contributed by atoms with Gasteiger partial charge in [-0.25, -0.2) is 0 Å². The number of aromatic nitrogens is 1. The maximum Gasteiger partial charge on any atom is 0.149 e. The van der Waals surface area contributed by atoms with Crippen molar-refractivity contribution in [3.8, 4) is 5.75 Å². The number of ether oxygens (including phenoxy) is 1. The molecule has 5 heteroatoms. The van der Waals surface area contributed by atoms with Gasteiger partial charge in [0.25, 0.3) is 0 Å². The first-order chi connectivity index (χ1) is 7.24. The van der Waals surface area contributed by atoms with Crippen molar-refractivity contribution in [1.29, 1.82) is 0 Å². The van der Waals surface area contributed by atoms with Crippen molar-refractivity contribution in [2.24, 2.45) is 5.16 Å². The van der Waals surface area contributed by atoms with Gasteiger partial charge in [-0.2, -0.15) is 0 Å². The Hall–Kier alpha value is -1.62. The summed E-state index contributed by atoms with van der Waals surface area (Å²) in [6.45, 7) is 3.96. The van der Waals surface area contributed by atoms with Gasteiger partial charge in [-0.1, -0.05) is 5.16 Å². The zero-order chi connectivity index (χ0) is 11.3. The second-order valence-electron chi connectivity index (χ2n) is 2.95. The molecule has 0 fully saturated rings. The fraction of sp³-hybridized carbons (Fsp3) is 0.400. The van der Waals surface area contributed by atoms with E-state index in [4.69, 9.17) is 15.1 Å². The summed E-state index contributed by atoms with van der Waals surface area (Å²) in [6, 6.07) is 0. The molecule has 82 valence electrons. The summed E-state index contributed by atoms with van der Waals surface area (Å²) in [5.74, 6) is 0.543. The van der Waals surface area contributed by atoms with Gasteiger partial charge in [-0.05, 0) is 13.8 Å². The predicted molar refractivity (Wildman–Crippen MR) is 55.4 cm³/mol. The van der Waals surface area contributed by atoms with E-state index in [0.29, 0.717) is 29.2 Å². The van der Waals surface area contributed by atoms with Crippen LogP contribution in [0.2, 0.25) is 0 Å². The molecule has 0 amide bonds. The molecule has 1 aromatic heterocycles. The van der Waals surface area contributed by atoms with Crippen molar-refractivity contribution in [2.45, 2.75) is 20.5 Å². The van der Waals surface area contributed by atoms with Crippen LogP contribution in [-0.4, -0.2) is 28.1 Å². The van der Waals surface area contributed by atoms with Crippen molar-refractivity contribution < 1.29 is 15.1 Å². The van der Waals surface area contributed by atoms with Crippen LogP contribution in [0.3, 0.4) is 0 Å². The van der Waals surface area contributed by atoms with Crippen molar-refractivity contribution in [3.63, 3.8) is 0 Å². The molecule has 1 aromatic rings. The average Bonchev–Trinajstić information content (AvgIpc) is 2.24. The number of aliphatic hydroxyl groups is 1. The number of hydrogen-bond acceptors (Lipinski definition) is 5. The van der Waals surface area contributed by atoms with Crippen LogP contribution in [0.5, 0.6) is 5.75 Å². The van der Waals surface area contributed by atoms with Crippen molar-refractivity contribution in [2.75, 3.05) is 6.61 Å². The molecule has 1 rings (SSSR count). The topological polar surface area (TPSA) is 74.9 Å². The number of aliphatic hydroxyl groups excluding tert-OH is 1. The number of aryl methyl sites for hydroxylation is 1. The maximum absolute atomic E-state index is 9.09. The zero-order valence-electron chi connectivity index (χ0n) is 8.77. The highest BCUT2D eigenvalue weighted by atomic mass is 16.5. The lowest BCUT2D eigenvalue weighted by Crippen LogP contribution is -2.04. The third kappa shape index (κ3) is 2.44. The number of oxime groups is 1. The van der Waals surface area contributed by atoms with Crippen LogP contribution in [0.15, 0.2) is 11.4 Å². The van der Waals surface area contributed by atoms with Gasteiger partial charge in [0.2, 0.25) is 0 Å². The summed E-state index contributed by atoms with van der Waals surface area (Å²) in [4.78, 5) is 4.08. The Kier molecular flexibility index (Phi) is 4.05. The van der Waals surface area contributed by atoms with Crippen molar-refractivity contribution in [3.05, 3.63) is 23.0 Å². The summed E-state index contributed by atoms with van der Waals surface area (Å²) >= 11 is 0. The standard InChI is InChI=1S/C10H14N2O3/c1-3-15-10-7(2)11-4-8(6-13)9(10)5-12-14/h4-5,13-14H,3,6H2,1-2H3/b12-5-. The van der Waals surface area contributed by atoms with Crippen LogP contribution in [0.25, 0.3) is 0 Å². The molecule has 0 unspecified atom stereocenters. The van der Waals surface area contributed by atoms with Gasteiger partial charge < -0.3 is 15.1 Å². The smallest absolute Gasteiger partial charge is 0.149 e. The van der Waals surface area contributed by atoms with Gasteiger partial charge in [0.1, 0.15) is 5.75 Å². The van der Waals surface area contributed by atoms with Crippen LogP contribution in [0.1, 0.15) is 23.7 Å². The number of pyridine rings is 1. The molecule has 15 heavy (non-hydrogen) atoms. The summed E-state index contributed by atoms with van der Waals surface area (Å²) < 4.78 is 5.39. The van der Waals surface area contributed by atoms with Crippen LogP contribution < -0.4 is 4.74 Å². The highest BCUT2D eigenvalue weighted by Gasteiger charge is 2.11. The normalized spacial score (nSPS) is 10.9. The minimum Gasteiger partial charge on any atom is -0.491 e. The quantitative estimate of drug-likeness (QED) is 0.443. The second-order valence-corrected chi connectivity index (χ2v) is 2.95. The molecule has 1 heterocycles. The van der Waals surface area contributed by atoms with E-state index >= 15 is 0 Å². The fourth-order valence-corrected chi connectivity index (χ4v) is 1.30. The lowest BCUT2D eigenvalue weighted by atomic mass is 10.1. The molecule has 5 nitrogen and oxygen atoms in total. The summed E-state index contributed by atoms with van der Waals surface area (Å²) in [5, 5.41) is 20.6. The van der Waals surface area contributed by atoms with E-state index in [0.717, 1.165) is 0 Å². The van der Waals surface area contributed by atoms with Gasteiger partial charge in [-0.15, -0.1) is 0 Å². The number of hydrogen-bond donors (Lipinski definition) is 2. The Morgan fingerprint density at radius 2 is 2.33 bits per heavy atom. The molecular formula is C10H14N2O3. The third-order valence-corrected chi connectivity index (χ3v) is 1.98. The van der Waals surface area contributed by atoms with E-state index in [1.807, 2.05) is 6.92 Å². The Balaban J connectivity index is 3.29. The third-order valence-electron chi connectivity index (χ3n) is 1.98. The van der Waals surface area contributed by atoms with E-state index in [1.54, 1.807) is 6.92 Å². The minimum atomic E-state index is -0.172. The number of nitrogens with zero attached hydrogens (tertiary/aromatic N) is 2. The van der Waals surface area contributed by atoms with Gasteiger partial charge in [0.05, 0.1) is 25.1 Å². The molecule has 2 N–H and O–H groups in total. The van der Waals surface area contributed by atoms with E-state index in [1.165, 1.54) is 12.4 Å². The van der Waals surface area contributed by atoms with E-state index in [9.17, 15) is 0 Å². The van der Waals surface area contributed by atoms with Gasteiger partial charge in [0.15, 0.2) is 0 Å².